The van der Waals surface area contributed by atoms with Gasteiger partial charge in [0.2, 0.25) is 5.91 Å². The van der Waals surface area contributed by atoms with Gasteiger partial charge in [-0.3, -0.25) is 4.79 Å². The van der Waals surface area contributed by atoms with Crippen molar-refractivity contribution >= 4 is 28.9 Å². The Morgan fingerprint density at radius 3 is 2.92 bits per heavy atom. The Morgan fingerprint density at radius 1 is 1.31 bits per heavy atom. The molecule has 6 nitrogen and oxygen atoms in total. The van der Waals surface area contributed by atoms with Gasteiger partial charge in [-0.2, -0.15) is 0 Å². The molecule has 0 saturated heterocycles. The molecule has 2 N–H and O–H groups in total. The van der Waals surface area contributed by atoms with Crippen molar-refractivity contribution in [2.24, 2.45) is 5.92 Å². The summed E-state index contributed by atoms with van der Waals surface area (Å²) in [6, 6.07) is 8.15. The second-order valence-corrected chi connectivity index (χ2v) is 7.20. The number of aromatic nitrogens is 2. The fraction of sp³-hybridized carbons (Fsp3) is 0.450. The maximum atomic E-state index is 12.7. The first-order valence-electron chi connectivity index (χ1n) is 9.40. The zero-order valence-electron chi connectivity index (χ0n) is 15.5. The van der Waals surface area contributed by atoms with Gasteiger partial charge in [0, 0.05) is 12.2 Å². The molecule has 2 unspecified atom stereocenters. The van der Waals surface area contributed by atoms with Gasteiger partial charge >= 0.3 is 0 Å². The van der Waals surface area contributed by atoms with Crippen molar-refractivity contribution < 1.29 is 4.79 Å². The summed E-state index contributed by atoms with van der Waals surface area (Å²) in [5.74, 6) is 2.43. The van der Waals surface area contributed by atoms with Crippen LogP contribution in [0.5, 0.6) is 0 Å². The largest absolute Gasteiger partial charge is 0.356 e. The van der Waals surface area contributed by atoms with Crippen LogP contribution in [-0.4, -0.2) is 28.5 Å². The van der Waals surface area contributed by atoms with Crippen LogP contribution in [0.3, 0.4) is 0 Å². The van der Waals surface area contributed by atoms with Crippen molar-refractivity contribution in [3.8, 4) is 0 Å². The molecule has 0 radical (unpaired) electrons. The van der Waals surface area contributed by atoms with Gasteiger partial charge in [-0.05, 0) is 37.3 Å². The monoisotopic (exact) mass is 351 g/mol. The van der Waals surface area contributed by atoms with E-state index in [0.717, 1.165) is 43.1 Å². The van der Waals surface area contributed by atoms with E-state index in [0.29, 0.717) is 11.5 Å². The number of hydrogen-bond acceptors (Lipinski definition) is 5. The molecule has 26 heavy (non-hydrogen) atoms. The van der Waals surface area contributed by atoms with Crippen molar-refractivity contribution in [3.63, 3.8) is 0 Å². The minimum absolute atomic E-state index is 0.00847. The Morgan fingerprint density at radius 2 is 2.12 bits per heavy atom. The number of nitrogens with zero attached hydrogens (tertiary/aromatic N) is 3. The normalized spacial score (nSPS) is 19.9. The molecule has 0 fully saturated rings. The number of amides is 1. The number of para-hydroxylation sites is 1. The van der Waals surface area contributed by atoms with E-state index in [-0.39, 0.29) is 17.9 Å². The highest BCUT2D eigenvalue weighted by Gasteiger charge is 2.34. The summed E-state index contributed by atoms with van der Waals surface area (Å²) in [7, 11) is 0. The van der Waals surface area contributed by atoms with Crippen LogP contribution in [0.1, 0.15) is 38.1 Å². The molecule has 2 aromatic rings. The number of hydrogen-bond donors (Lipinski definition) is 2. The van der Waals surface area contributed by atoms with Gasteiger partial charge in [-0.1, -0.05) is 38.5 Å². The summed E-state index contributed by atoms with van der Waals surface area (Å²) < 4.78 is 0. The van der Waals surface area contributed by atoms with E-state index in [2.05, 4.69) is 52.6 Å². The lowest BCUT2D eigenvalue weighted by molar-refractivity contribution is -0.118. The van der Waals surface area contributed by atoms with E-state index in [4.69, 9.17) is 4.98 Å². The summed E-state index contributed by atoms with van der Waals surface area (Å²) in [6.45, 7) is 6.95. The van der Waals surface area contributed by atoms with Crippen LogP contribution in [0.2, 0.25) is 0 Å². The third-order valence-electron chi connectivity index (χ3n) is 5.40. The number of nitrogens with one attached hydrogen (secondary N) is 2. The van der Waals surface area contributed by atoms with Crippen LogP contribution >= 0.6 is 0 Å². The van der Waals surface area contributed by atoms with Crippen LogP contribution < -0.4 is 15.5 Å². The minimum Gasteiger partial charge on any atom is -0.356 e. The first-order chi connectivity index (χ1) is 12.6. The van der Waals surface area contributed by atoms with Crippen molar-refractivity contribution in [1.29, 1.82) is 0 Å². The summed E-state index contributed by atoms with van der Waals surface area (Å²) in [4.78, 5) is 24.1. The average Bonchev–Trinajstić information content (AvgIpc) is 2.66. The molecule has 4 rings (SSSR count). The summed E-state index contributed by atoms with van der Waals surface area (Å²) in [6.07, 6.45) is 3.06. The fourth-order valence-corrected chi connectivity index (χ4v) is 3.78. The maximum Gasteiger partial charge on any atom is 0.247 e. The lowest BCUT2D eigenvalue weighted by Gasteiger charge is -2.35. The number of rotatable bonds is 3. The zero-order chi connectivity index (χ0) is 18.3. The molecule has 0 saturated carbocycles. The fourth-order valence-electron chi connectivity index (χ4n) is 3.78. The highest BCUT2D eigenvalue weighted by Crippen LogP contribution is 2.40. The third kappa shape index (κ3) is 2.79. The molecule has 1 aromatic carbocycles. The molecular formula is C20H25N5O. The highest BCUT2D eigenvalue weighted by atomic mass is 16.2. The van der Waals surface area contributed by atoms with Crippen molar-refractivity contribution in [2.45, 2.75) is 46.1 Å². The van der Waals surface area contributed by atoms with Crippen LogP contribution in [0.25, 0.3) is 0 Å². The minimum atomic E-state index is -0.261. The Bertz CT molecular complexity index is 850. The summed E-state index contributed by atoms with van der Waals surface area (Å²) in [5, 5.41) is 6.43. The lowest BCUT2D eigenvalue weighted by atomic mass is 9.96. The highest BCUT2D eigenvalue weighted by molar-refractivity contribution is 6.05. The van der Waals surface area contributed by atoms with Crippen molar-refractivity contribution in [2.75, 3.05) is 22.1 Å². The predicted octanol–water partition coefficient (Wildman–Crippen LogP) is 3.65. The summed E-state index contributed by atoms with van der Waals surface area (Å²) >= 11 is 0. The lowest BCUT2D eigenvalue weighted by Crippen LogP contribution is -2.44. The SMILES string of the molecule is CCC(C)C1Nc2nc(C)nc(N3CCCc4ccccc43)c2NC1=O. The van der Waals surface area contributed by atoms with Gasteiger partial charge in [-0.15, -0.1) is 0 Å². The van der Waals surface area contributed by atoms with Crippen LogP contribution in [0, 0.1) is 12.8 Å². The van der Waals surface area contributed by atoms with E-state index >= 15 is 0 Å². The van der Waals surface area contributed by atoms with E-state index in [1.54, 1.807) is 0 Å². The summed E-state index contributed by atoms with van der Waals surface area (Å²) in [5.41, 5.74) is 3.17. The van der Waals surface area contributed by atoms with Gasteiger partial charge in [0.05, 0.1) is 0 Å². The quantitative estimate of drug-likeness (QED) is 0.883. The van der Waals surface area contributed by atoms with Crippen LogP contribution in [-0.2, 0) is 11.2 Å². The van der Waals surface area contributed by atoms with Crippen molar-refractivity contribution in [1.82, 2.24) is 9.97 Å². The first kappa shape index (κ1) is 16.8. The molecule has 6 heteroatoms. The predicted molar refractivity (Wildman–Crippen MR) is 104 cm³/mol. The molecule has 3 heterocycles. The number of anilines is 4. The number of benzene rings is 1. The second kappa shape index (κ2) is 6.59. The smallest absolute Gasteiger partial charge is 0.247 e. The molecule has 2 atom stereocenters. The molecular weight excluding hydrogens is 326 g/mol. The number of aryl methyl sites for hydroxylation is 2. The molecule has 0 aliphatic carbocycles. The maximum absolute atomic E-state index is 12.7. The molecule has 1 aromatic heterocycles. The van der Waals surface area contributed by atoms with E-state index < -0.39 is 0 Å². The standard InChI is InChI=1S/C20H25N5O/c1-4-12(2)16-20(26)24-17-18(23-16)21-13(3)22-19(17)25-11-7-9-14-8-5-6-10-15(14)25/h5-6,8,10,12,16H,4,7,9,11H2,1-3H3,(H,24,26)(H,21,22,23). The Kier molecular flexibility index (Phi) is 4.26. The van der Waals surface area contributed by atoms with Gasteiger partial charge in [0.15, 0.2) is 11.6 Å². The van der Waals surface area contributed by atoms with Gasteiger partial charge in [0.1, 0.15) is 17.6 Å². The van der Waals surface area contributed by atoms with Gasteiger partial charge in [-0.25, -0.2) is 9.97 Å². The van der Waals surface area contributed by atoms with Gasteiger partial charge in [0.25, 0.3) is 0 Å². The zero-order valence-corrected chi connectivity index (χ0v) is 15.5. The molecule has 1 amide bonds. The molecule has 0 spiro atoms. The topological polar surface area (TPSA) is 70.2 Å². The van der Waals surface area contributed by atoms with Crippen LogP contribution in [0.4, 0.5) is 23.0 Å². The Balaban J connectivity index is 1.79. The van der Waals surface area contributed by atoms with E-state index in [1.165, 1.54) is 5.56 Å². The second-order valence-electron chi connectivity index (χ2n) is 7.20. The van der Waals surface area contributed by atoms with E-state index in [9.17, 15) is 4.79 Å². The third-order valence-corrected chi connectivity index (χ3v) is 5.40. The molecule has 136 valence electrons. The van der Waals surface area contributed by atoms with Gasteiger partial charge < -0.3 is 15.5 Å². The molecule has 2 aliphatic heterocycles. The number of carbonyl (C=O) groups excluding carboxylic acids is 1. The molecule has 2 aliphatic rings. The Hall–Kier alpha value is -2.63. The first-order valence-corrected chi connectivity index (χ1v) is 9.40. The average molecular weight is 351 g/mol. The molecule has 0 bridgehead atoms. The van der Waals surface area contributed by atoms with E-state index in [1.807, 2.05) is 13.0 Å². The Labute approximate surface area is 154 Å². The number of carbonyl (C=O) groups is 1. The van der Waals surface area contributed by atoms with Crippen LogP contribution in [0.15, 0.2) is 24.3 Å². The number of fused-ring (bicyclic) bond motifs is 2. The van der Waals surface area contributed by atoms with Crippen molar-refractivity contribution in [3.05, 3.63) is 35.7 Å².